The van der Waals surface area contributed by atoms with Crippen LogP contribution in [-0.4, -0.2) is 45.1 Å². The first-order valence-electron chi connectivity index (χ1n) is 11.8. The first-order chi connectivity index (χ1) is 15.7. The summed E-state index contributed by atoms with van der Waals surface area (Å²) in [5.41, 5.74) is 5.04. The molecule has 0 aliphatic carbocycles. The van der Waals surface area contributed by atoms with Crippen LogP contribution < -0.4 is 9.62 Å². The van der Waals surface area contributed by atoms with Crippen LogP contribution >= 0.6 is 0 Å². The molecule has 3 rings (SSSR count). The first kappa shape index (κ1) is 25.2. The van der Waals surface area contributed by atoms with Gasteiger partial charge in [-0.1, -0.05) is 42.8 Å². The zero-order valence-electron chi connectivity index (χ0n) is 20.1. The van der Waals surface area contributed by atoms with E-state index in [1.54, 1.807) is 0 Å². The van der Waals surface area contributed by atoms with Crippen LogP contribution in [0.1, 0.15) is 54.4 Å². The maximum absolute atomic E-state index is 12.4. The lowest BCUT2D eigenvalue weighted by molar-refractivity contribution is -0.121. The molecule has 1 aliphatic rings. The number of amides is 1. The number of hydrogen-bond donors (Lipinski definition) is 1. The Balaban J connectivity index is 1.49. The molecule has 0 radical (unpaired) electrons. The number of rotatable bonds is 10. The summed E-state index contributed by atoms with van der Waals surface area (Å²) in [5.74, 6) is -0.0640. The lowest BCUT2D eigenvalue weighted by Gasteiger charge is -2.26. The van der Waals surface area contributed by atoms with Gasteiger partial charge >= 0.3 is 0 Å². The molecular weight excluding hydrogens is 434 g/mol. The number of anilines is 1. The van der Waals surface area contributed by atoms with Gasteiger partial charge in [0, 0.05) is 26.1 Å². The zero-order valence-corrected chi connectivity index (χ0v) is 21.0. The maximum atomic E-state index is 12.4. The van der Waals surface area contributed by atoms with Crippen molar-refractivity contribution in [1.29, 1.82) is 0 Å². The van der Waals surface area contributed by atoms with Crippen LogP contribution in [0.3, 0.4) is 0 Å². The summed E-state index contributed by atoms with van der Waals surface area (Å²) in [6.07, 6.45) is 5.83. The van der Waals surface area contributed by atoms with E-state index < -0.39 is 10.0 Å². The van der Waals surface area contributed by atoms with Gasteiger partial charge in [-0.3, -0.25) is 14.0 Å². The van der Waals surface area contributed by atoms with Crippen molar-refractivity contribution in [3.63, 3.8) is 0 Å². The highest BCUT2D eigenvalue weighted by atomic mass is 32.2. The van der Waals surface area contributed by atoms with Gasteiger partial charge in [0.15, 0.2) is 0 Å². The standard InChI is InChI=1S/C26H37N3O3S/c1-21-10-7-13-25(22(21)2)29(33(3,31)32)17-9-14-26(30)27-19-23-11-8-12-24(18-23)20-28-15-5-4-6-16-28/h7-8,10-13,18H,4-6,9,14-17,19-20H2,1-3H3,(H,27,30). The third-order valence-corrected chi connectivity index (χ3v) is 7.53. The Morgan fingerprint density at radius 3 is 2.45 bits per heavy atom. The molecule has 2 aromatic carbocycles. The molecular formula is C26H37N3O3S. The van der Waals surface area contributed by atoms with E-state index in [1.165, 1.54) is 35.4 Å². The fraction of sp³-hybridized carbons (Fsp3) is 0.500. The van der Waals surface area contributed by atoms with Crippen LogP contribution in [0.2, 0.25) is 0 Å². The fourth-order valence-corrected chi connectivity index (χ4v) is 5.37. The van der Waals surface area contributed by atoms with E-state index in [9.17, 15) is 13.2 Å². The van der Waals surface area contributed by atoms with Crippen LogP contribution in [0.4, 0.5) is 5.69 Å². The predicted molar refractivity (Wildman–Crippen MR) is 135 cm³/mol. The SMILES string of the molecule is Cc1cccc(N(CCCC(=O)NCc2cccc(CN3CCCCC3)c2)S(C)(=O)=O)c1C. The molecule has 180 valence electrons. The van der Waals surface area contributed by atoms with Gasteiger partial charge in [-0.25, -0.2) is 8.42 Å². The Labute approximate surface area is 199 Å². The summed E-state index contributed by atoms with van der Waals surface area (Å²) in [7, 11) is -3.43. The van der Waals surface area contributed by atoms with Gasteiger partial charge in [-0.15, -0.1) is 0 Å². The van der Waals surface area contributed by atoms with Gasteiger partial charge in [-0.2, -0.15) is 0 Å². The molecule has 1 saturated heterocycles. The molecule has 0 bridgehead atoms. The van der Waals surface area contributed by atoms with Gasteiger partial charge in [0.05, 0.1) is 11.9 Å². The number of hydrogen-bond acceptors (Lipinski definition) is 4. The highest BCUT2D eigenvalue weighted by Gasteiger charge is 2.20. The summed E-state index contributed by atoms with van der Waals surface area (Å²) in [5, 5.41) is 2.98. The highest BCUT2D eigenvalue weighted by Crippen LogP contribution is 2.25. The monoisotopic (exact) mass is 471 g/mol. The Kier molecular flexibility index (Phi) is 8.92. The minimum absolute atomic E-state index is 0.0640. The number of sulfonamides is 1. The molecule has 33 heavy (non-hydrogen) atoms. The lowest BCUT2D eigenvalue weighted by Crippen LogP contribution is -2.32. The van der Waals surface area contributed by atoms with Gasteiger partial charge in [0.2, 0.25) is 15.9 Å². The number of aryl methyl sites for hydroxylation is 1. The average molecular weight is 472 g/mol. The molecule has 0 aromatic heterocycles. The van der Waals surface area contributed by atoms with Gasteiger partial charge in [0.1, 0.15) is 0 Å². The van der Waals surface area contributed by atoms with Crippen molar-refractivity contribution in [2.24, 2.45) is 0 Å². The molecule has 1 heterocycles. The van der Waals surface area contributed by atoms with Gasteiger partial charge in [-0.05, 0) is 74.5 Å². The summed E-state index contributed by atoms with van der Waals surface area (Å²) >= 11 is 0. The smallest absolute Gasteiger partial charge is 0.232 e. The second kappa shape index (κ2) is 11.7. The van der Waals surface area contributed by atoms with Crippen molar-refractivity contribution in [3.8, 4) is 0 Å². The van der Waals surface area contributed by atoms with Crippen molar-refractivity contribution in [2.45, 2.75) is 59.0 Å². The molecule has 1 fully saturated rings. The van der Waals surface area contributed by atoms with Gasteiger partial charge in [0.25, 0.3) is 0 Å². The molecule has 0 unspecified atom stereocenters. The van der Waals surface area contributed by atoms with Crippen LogP contribution in [-0.2, 0) is 27.9 Å². The number of piperidine rings is 1. The molecule has 0 atom stereocenters. The molecule has 6 nitrogen and oxygen atoms in total. The lowest BCUT2D eigenvalue weighted by atomic mass is 10.1. The van der Waals surface area contributed by atoms with Crippen LogP contribution in [0.5, 0.6) is 0 Å². The van der Waals surface area contributed by atoms with E-state index in [0.717, 1.165) is 36.3 Å². The van der Waals surface area contributed by atoms with Crippen molar-refractivity contribution >= 4 is 21.6 Å². The third-order valence-electron chi connectivity index (χ3n) is 6.35. The molecule has 7 heteroatoms. The van der Waals surface area contributed by atoms with E-state index in [4.69, 9.17) is 0 Å². The third kappa shape index (κ3) is 7.57. The topological polar surface area (TPSA) is 69.7 Å². The summed E-state index contributed by atoms with van der Waals surface area (Å²) in [6, 6.07) is 14.0. The van der Waals surface area contributed by atoms with Crippen LogP contribution in [0, 0.1) is 13.8 Å². The Morgan fingerprint density at radius 1 is 1.03 bits per heavy atom. The van der Waals surface area contributed by atoms with Crippen molar-refractivity contribution in [1.82, 2.24) is 10.2 Å². The molecule has 0 spiro atoms. The number of likely N-dealkylation sites (tertiary alicyclic amines) is 1. The Bertz CT molecular complexity index is 1050. The highest BCUT2D eigenvalue weighted by molar-refractivity contribution is 7.92. The predicted octanol–water partition coefficient (Wildman–Crippen LogP) is 4.15. The van der Waals surface area contributed by atoms with E-state index in [2.05, 4.69) is 28.4 Å². The van der Waals surface area contributed by atoms with E-state index >= 15 is 0 Å². The number of carbonyl (C=O) groups excluding carboxylic acids is 1. The largest absolute Gasteiger partial charge is 0.352 e. The van der Waals surface area contributed by atoms with Crippen LogP contribution in [0.25, 0.3) is 0 Å². The zero-order chi connectivity index (χ0) is 23.8. The minimum atomic E-state index is -3.43. The Morgan fingerprint density at radius 2 is 1.73 bits per heavy atom. The van der Waals surface area contributed by atoms with Gasteiger partial charge < -0.3 is 5.32 Å². The Hall–Kier alpha value is -2.38. The second-order valence-corrected chi connectivity index (χ2v) is 11.0. The van der Waals surface area contributed by atoms with Crippen molar-refractivity contribution in [3.05, 3.63) is 64.7 Å². The summed E-state index contributed by atoms with van der Waals surface area (Å²) < 4.78 is 26.2. The number of nitrogens with one attached hydrogen (secondary N) is 1. The normalized spacial score (nSPS) is 14.8. The molecule has 1 N–H and O–H groups in total. The fourth-order valence-electron chi connectivity index (χ4n) is 4.36. The van der Waals surface area contributed by atoms with Crippen LogP contribution in [0.15, 0.2) is 42.5 Å². The molecule has 2 aromatic rings. The molecule has 1 amide bonds. The van der Waals surface area contributed by atoms with E-state index in [-0.39, 0.29) is 18.9 Å². The number of benzene rings is 2. The molecule has 0 saturated carbocycles. The second-order valence-electron chi connectivity index (χ2n) is 9.09. The number of carbonyl (C=O) groups is 1. The summed E-state index contributed by atoms with van der Waals surface area (Å²) in [4.78, 5) is 14.9. The quantitative estimate of drug-likeness (QED) is 0.565. The average Bonchev–Trinajstić information content (AvgIpc) is 2.78. The van der Waals surface area contributed by atoms with Crippen molar-refractivity contribution in [2.75, 3.05) is 30.2 Å². The minimum Gasteiger partial charge on any atom is -0.352 e. The van der Waals surface area contributed by atoms with E-state index in [1.807, 2.05) is 38.1 Å². The first-order valence-corrected chi connectivity index (χ1v) is 13.7. The number of nitrogens with zero attached hydrogens (tertiary/aromatic N) is 2. The van der Waals surface area contributed by atoms with E-state index in [0.29, 0.717) is 18.7 Å². The molecule has 1 aliphatic heterocycles. The summed E-state index contributed by atoms with van der Waals surface area (Å²) in [6.45, 7) is 7.94. The van der Waals surface area contributed by atoms with Crippen molar-refractivity contribution < 1.29 is 13.2 Å². The maximum Gasteiger partial charge on any atom is 0.232 e.